The summed E-state index contributed by atoms with van der Waals surface area (Å²) in [6.07, 6.45) is 3.19. The lowest BCUT2D eigenvalue weighted by atomic mass is 10.2. The van der Waals surface area contributed by atoms with Gasteiger partial charge in [0.2, 0.25) is 0 Å². The fourth-order valence-corrected chi connectivity index (χ4v) is 1.39. The van der Waals surface area contributed by atoms with Gasteiger partial charge in [-0.25, -0.2) is 0 Å². The topological polar surface area (TPSA) is 49.8 Å². The van der Waals surface area contributed by atoms with Gasteiger partial charge in [-0.1, -0.05) is 54.2 Å². The fourth-order valence-electron chi connectivity index (χ4n) is 1.05. The second-order valence-corrected chi connectivity index (χ2v) is 3.85. The number of thiocarbonyl (C=S) groups is 1. The molecule has 0 aliphatic carbocycles. The molecule has 0 aromatic heterocycles. The molecular weight excluding hydrogens is 240 g/mol. The fraction of sp³-hybridized carbons (Fsp3) is 0. The SMILES string of the molecule is N#C/C(=C/C(Cl)=C/c1ccccc1)C(N)=S. The lowest BCUT2D eigenvalue weighted by Crippen LogP contribution is -2.09. The van der Waals surface area contributed by atoms with E-state index in [2.05, 4.69) is 0 Å². The molecule has 0 aliphatic heterocycles. The van der Waals surface area contributed by atoms with Gasteiger partial charge in [0.1, 0.15) is 11.1 Å². The van der Waals surface area contributed by atoms with Gasteiger partial charge in [0.15, 0.2) is 0 Å². The summed E-state index contributed by atoms with van der Waals surface area (Å²) in [5.74, 6) is 0. The van der Waals surface area contributed by atoms with Gasteiger partial charge in [0.25, 0.3) is 0 Å². The maximum Gasteiger partial charge on any atom is 0.114 e. The van der Waals surface area contributed by atoms with Gasteiger partial charge in [-0.05, 0) is 17.7 Å². The molecule has 0 spiro atoms. The predicted molar refractivity (Wildman–Crippen MR) is 70.8 cm³/mol. The van der Waals surface area contributed by atoms with Crippen LogP contribution in [0.3, 0.4) is 0 Å². The van der Waals surface area contributed by atoms with Crippen LogP contribution < -0.4 is 5.73 Å². The van der Waals surface area contributed by atoms with E-state index in [1.165, 1.54) is 6.08 Å². The molecule has 0 unspecified atom stereocenters. The van der Waals surface area contributed by atoms with Gasteiger partial charge in [-0.3, -0.25) is 0 Å². The normalized spacial score (nSPS) is 12.0. The molecule has 0 fully saturated rings. The van der Waals surface area contributed by atoms with Crippen LogP contribution >= 0.6 is 23.8 Å². The molecule has 0 saturated heterocycles. The van der Waals surface area contributed by atoms with Crippen molar-refractivity contribution in [2.24, 2.45) is 5.73 Å². The van der Waals surface area contributed by atoms with Crippen molar-refractivity contribution < 1.29 is 0 Å². The minimum Gasteiger partial charge on any atom is -0.389 e. The number of nitrogens with zero attached hydrogens (tertiary/aromatic N) is 1. The van der Waals surface area contributed by atoms with Crippen LogP contribution in [0.5, 0.6) is 0 Å². The molecule has 1 aromatic carbocycles. The Morgan fingerprint density at radius 2 is 2.00 bits per heavy atom. The highest BCUT2D eigenvalue weighted by atomic mass is 35.5. The van der Waals surface area contributed by atoms with Crippen molar-refractivity contribution in [3.8, 4) is 6.07 Å². The van der Waals surface area contributed by atoms with Crippen LogP contribution in [-0.4, -0.2) is 4.99 Å². The predicted octanol–water partition coefficient (Wildman–Crippen LogP) is 3.00. The number of allylic oxidation sites excluding steroid dienone is 2. The highest BCUT2D eigenvalue weighted by molar-refractivity contribution is 7.80. The smallest absolute Gasteiger partial charge is 0.114 e. The van der Waals surface area contributed by atoms with E-state index in [1.807, 2.05) is 36.4 Å². The monoisotopic (exact) mass is 248 g/mol. The molecule has 0 radical (unpaired) electrons. The average Bonchev–Trinajstić information content (AvgIpc) is 2.27. The number of hydrogen-bond donors (Lipinski definition) is 1. The molecule has 2 nitrogen and oxygen atoms in total. The van der Waals surface area contributed by atoms with Gasteiger partial charge in [-0.2, -0.15) is 5.26 Å². The first kappa shape index (κ1) is 12.4. The van der Waals surface area contributed by atoms with E-state index in [1.54, 1.807) is 6.08 Å². The van der Waals surface area contributed by atoms with E-state index in [0.717, 1.165) is 5.56 Å². The molecule has 0 atom stereocenters. The summed E-state index contributed by atoms with van der Waals surface area (Å²) in [6.45, 7) is 0. The molecule has 0 heterocycles. The zero-order valence-corrected chi connectivity index (χ0v) is 9.92. The summed E-state index contributed by atoms with van der Waals surface area (Å²) < 4.78 is 0. The maximum atomic E-state index is 8.74. The Morgan fingerprint density at radius 1 is 1.38 bits per heavy atom. The first-order chi connectivity index (χ1) is 7.63. The lowest BCUT2D eigenvalue weighted by Gasteiger charge is -1.95. The second kappa shape index (κ2) is 6.06. The van der Waals surface area contributed by atoms with E-state index in [9.17, 15) is 0 Å². The summed E-state index contributed by atoms with van der Waals surface area (Å²) >= 11 is 10.7. The van der Waals surface area contributed by atoms with E-state index in [0.29, 0.717) is 5.03 Å². The van der Waals surface area contributed by atoms with E-state index < -0.39 is 0 Å². The summed E-state index contributed by atoms with van der Waals surface area (Å²) in [5.41, 5.74) is 6.49. The number of rotatable bonds is 3. The van der Waals surface area contributed by atoms with Crippen molar-refractivity contribution in [1.82, 2.24) is 0 Å². The Balaban J connectivity index is 2.96. The van der Waals surface area contributed by atoms with Gasteiger partial charge in [0, 0.05) is 5.03 Å². The molecule has 1 rings (SSSR count). The summed E-state index contributed by atoms with van der Waals surface area (Å²) in [7, 11) is 0. The average molecular weight is 249 g/mol. The van der Waals surface area contributed by atoms with Crippen molar-refractivity contribution in [1.29, 1.82) is 5.26 Å². The minimum atomic E-state index is 0.0436. The van der Waals surface area contributed by atoms with Crippen LogP contribution in [0.25, 0.3) is 6.08 Å². The van der Waals surface area contributed by atoms with Crippen LogP contribution in [-0.2, 0) is 0 Å². The molecule has 80 valence electrons. The Bertz CT molecular complexity index is 483. The molecule has 4 heteroatoms. The van der Waals surface area contributed by atoms with Crippen molar-refractivity contribution in [3.05, 3.63) is 52.6 Å². The van der Waals surface area contributed by atoms with E-state index in [4.69, 9.17) is 34.8 Å². The molecule has 1 aromatic rings. The third-order valence-electron chi connectivity index (χ3n) is 1.77. The van der Waals surface area contributed by atoms with Crippen LogP contribution in [0, 0.1) is 11.3 Å². The molecule has 0 amide bonds. The molecule has 2 N–H and O–H groups in total. The number of nitrogens with two attached hydrogens (primary N) is 1. The summed E-state index contributed by atoms with van der Waals surface area (Å²) in [6, 6.07) is 11.4. The van der Waals surface area contributed by atoms with Crippen LogP contribution in [0.4, 0.5) is 0 Å². The number of halogens is 1. The molecular formula is C12H9ClN2S. The van der Waals surface area contributed by atoms with Crippen molar-refractivity contribution in [3.63, 3.8) is 0 Å². The first-order valence-corrected chi connectivity index (χ1v) is 5.26. The number of hydrogen-bond acceptors (Lipinski definition) is 2. The second-order valence-electron chi connectivity index (χ2n) is 2.97. The van der Waals surface area contributed by atoms with Gasteiger partial charge in [-0.15, -0.1) is 0 Å². The highest BCUT2D eigenvalue weighted by Gasteiger charge is 1.99. The standard InChI is InChI=1S/C12H9ClN2S/c13-11(7-10(8-14)12(15)16)6-9-4-2-1-3-5-9/h1-7H,(H2,15,16)/b10-7-,11-6-. The Hall–Kier alpha value is -1.63. The van der Waals surface area contributed by atoms with Gasteiger partial charge < -0.3 is 5.73 Å². The Labute approximate surface area is 105 Å². The Kier molecular flexibility index (Phi) is 4.71. The molecule has 0 bridgehead atoms. The largest absolute Gasteiger partial charge is 0.389 e. The number of nitriles is 1. The summed E-state index contributed by atoms with van der Waals surface area (Å²) in [4.78, 5) is 0.0436. The van der Waals surface area contributed by atoms with Crippen LogP contribution in [0.1, 0.15) is 5.56 Å². The quantitative estimate of drug-likeness (QED) is 0.387. The van der Waals surface area contributed by atoms with Crippen molar-refractivity contribution in [2.75, 3.05) is 0 Å². The molecule has 0 aliphatic rings. The van der Waals surface area contributed by atoms with Crippen LogP contribution in [0.2, 0.25) is 0 Å². The number of benzene rings is 1. The lowest BCUT2D eigenvalue weighted by molar-refractivity contribution is 1.51. The molecule has 0 saturated carbocycles. The summed E-state index contributed by atoms with van der Waals surface area (Å²) in [5, 5.41) is 9.15. The van der Waals surface area contributed by atoms with Crippen molar-refractivity contribution >= 4 is 34.9 Å². The van der Waals surface area contributed by atoms with Crippen LogP contribution in [0.15, 0.2) is 47.0 Å². The zero-order chi connectivity index (χ0) is 12.0. The van der Waals surface area contributed by atoms with E-state index >= 15 is 0 Å². The third kappa shape index (κ3) is 3.85. The third-order valence-corrected chi connectivity index (χ3v) is 2.21. The van der Waals surface area contributed by atoms with E-state index in [-0.39, 0.29) is 10.6 Å². The van der Waals surface area contributed by atoms with Gasteiger partial charge >= 0.3 is 0 Å². The highest BCUT2D eigenvalue weighted by Crippen LogP contribution is 2.13. The Morgan fingerprint density at radius 3 is 2.50 bits per heavy atom. The zero-order valence-electron chi connectivity index (χ0n) is 8.35. The maximum absolute atomic E-state index is 8.74. The molecule has 16 heavy (non-hydrogen) atoms. The minimum absolute atomic E-state index is 0.0436. The van der Waals surface area contributed by atoms with Gasteiger partial charge in [0.05, 0.1) is 5.57 Å². The first-order valence-electron chi connectivity index (χ1n) is 4.47. The van der Waals surface area contributed by atoms with Crippen molar-refractivity contribution in [2.45, 2.75) is 0 Å².